The van der Waals surface area contributed by atoms with Crippen LogP contribution in [0.5, 0.6) is 11.5 Å². The zero-order valence-corrected chi connectivity index (χ0v) is 19.9. The number of benzene rings is 3. The Morgan fingerprint density at radius 2 is 1.86 bits per heavy atom. The first-order chi connectivity index (χ1) is 16.9. The molecular weight excluding hydrogens is 444 g/mol. The zero-order chi connectivity index (χ0) is 24.9. The second-order valence-electron chi connectivity index (χ2n) is 8.17. The van der Waals surface area contributed by atoms with Crippen molar-refractivity contribution in [3.63, 3.8) is 0 Å². The van der Waals surface area contributed by atoms with E-state index in [2.05, 4.69) is 10.3 Å². The van der Waals surface area contributed by atoms with Crippen molar-refractivity contribution in [3.8, 4) is 11.5 Å². The number of hydrogen-bond acceptors (Lipinski definition) is 5. The molecule has 0 spiro atoms. The lowest BCUT2D eigenvalue weighted by atomic mass is 10.1. The third-order valence-electron chi connectivity index (χ3n) is 5.88. The van der Waals surface area contributed by atoms with Crippen LogP contribution in [0.1, 0.15) is 31.1 Å². The van der Waals surface area contributed by atoms with E-state index >= 15 is 0 Å². The largest absolute Gasteiger partial charge is 0.508 e. The third kappa shape index (κ3) is 5.11. The summed E-state index contributed by atoms with van der Waals surface area (Å²) < 4.78 is 7.19. The van der Waals surface area contributed by atoms with Gasteiger partial charge < -0.3 is 24.6 Å². The van der Waals surface area contributed by atoms with E-state index < -0.39 is 12.1 Å². The van der Waals surface area contributed by atoms with Crippen LogP contribution < -0.4 is 15.6 Å². The molecule has 0 radical (unpaired) electrons. The maximum Gasteiger partial charge on any atom is 0.322 e. The minimum Gasteiger partial charge on any atom is -0.508 e. The molecule has 0 aliphatic carbocycles. The monoisotopic (exact) mass is 472 g/mol. The molecule has 1 atom stereocenters. The summed E-state index contributed by atoms with van der Waals surface area (Å²) in [5.41, 5.74) is 2.58. The van der Waals surface area contributed by atoms with Crippen molar-refractivity contribution in [2.24, 2.45) is 7.05 Å². The Labute approximate surface area is 203 Å². The number of anilines is 1. The van der Waals surface area contributed by atoms with Gasteiger partial charge in [-0.15, -0.1) is 0 Å². The van der Waals surface area contributed by atoms with Crippen LogP contribution in [0.4, 0.5) is 10.5 Å². The molecule has 4 rings (SSSR count). The third-order valence-corrected chi connectivity index (χ3v) is 5.88. The number of carbonyl (C=O) groups excluding carboxylic acids is 1. The number of hydrogen-bond donors (Lipinski definition) is 2. The fourth-order valence-electron chi connectivity index (χ4n) is 3.99. The molecule has 180 valence electrons. The Hall–Kier alpha value is -4.33. The molecule has 8 heteroatoms. The Morgan fingerprint density at radius 1 is 1.11 bits per heavy atom. The van der Waals surface area contributed by atoms with E-state index in [1.165, 1.54) is 9.47 Å². The van der Waals surface area contributed by atoms with Crippen LogP contribution in [0.2, 0.25) is 0 Å². The van der Waals surface area contributed by atoms with Crippen LogP contribution in [-0.2, 0) is 13.6 Å². The molecule has 1 aromatic heterocycles. The van der Waals surface area contributed by atoms with E-state index in [0.29, 0.717) is 29.1 Å². The van der Waals surface area contributed by atoms with Gasteiger partial charge >= 0.3 is 6.03 Å². The van der Waals surface area contributed by atoms with E-state index in [1.54, 1.807) is 37.4 Å². The predicted octanol–water partition coefficient (Wildman–Crippen LogP) is 4.83. The minimum absolute atomic E-state index is 0.0308. The van der Waals surface area contributed by atoms with Crippen molar-refractivity contribution in [2.45, 2.75) is 26.4 Å². The first kappa shape index (κ1) is 23.8. The highest BCUT2D eigenvalue weighted by molar-refractivity contribution is 5.91. The van der Waals surface area contributed by atoms with Gasteiger partial charge in [-0.25, -0.2) is 9.78 Å². The Bertz CT molecular complexity index is 1420. The summed E-state index contributed by atoms with van der Waals surface area (Å²) in [5.74, 6) is 0.643. The SMILES string of the molecule is CCOc1ccccc1NC(=O)N(Cc1nc2ccccc2n(C)c1=O)[C@@H](C)c1cccc(O)c1. The molecular formula is C27H28N4O4. The first-order valence-corrected chi connectivity index (χ1v) is 11.4. The van der Waals surface area contributed by atoms with E-state index in [-0.39, 0.29) is 23.5 Å². The molecule has 0 saturated carbocycles. The maximum atomic E-state index is 13.6. The predicted molar refractivity (Wildman–Crippen MR) is 136 cm³/mol. The number of aryl methyl sites for hydroxylation is 1. The van der Waals surface area contributed by atoms with Crippen LogP contribution in [-0.4, -0.2) is 32.2 Å². The number of urea groups is 1. The number of phenols is 1. The molecule has 2 amide bonds. The number of aromatic hydroxyl groups is 1. The van der Waals surface area contributed by atoms with Crippen molar-refractivity contribution >= 4 is 22.8 Å². The molecule has 1 heterocycles. The van der Waals surface area contributed by atoms with Crippen molar-refractivity contribution < 1.29 is 14.6 Å². The van der Waals surface area contributed by atoms with Crippen molar-refractivity contribution in [1.29, 1.82) is 0 Å². The fourth-order valence-corrected chi connectivity index (χ4v) is 3.99. The molecule has 0 aliphatic heterocycles. The van der Waals surface area contributed by atoms with Gasteiger partial charge in [0.05, 0.1) is 35.9 Å². The number of amides is 2. The van der Waals surface area contributed by atoms with Gasteiger partial charge in [-0.2, -0.15) is 0 Å². The number of para-hydroxylation sites is 4. The molecule has 0 saturated heterocycles. The van der Waals surface area contributed by atoms with Gasteiger partial charge in [-0.3, -0.25) is 4.79 Å². The van der Waals surface area contributed by atoms with Crippen LogP contribution in [0, 0.1) is 0 Å². The van der Waals surface area contributed by atoms with Crippen molar-refractivity contribution in [3.05, 3.63) is 94.4 Å². The maximum absolute atomic E-state index is 13.6. The molecule has 8 nitrogen and oxygen atoms in total. The minimum atomic E-state index is -0.473. The molecule has 0 fully saturated rings. The van der Waals surface area contributed by atoms with Gasteiger partial charge in [-0.1, -0.05) is 36.4 Å². The highest BCUT2D eigenvalue weighted by atomic mass is 16.5. The summed E-state index contributed by atoms with van der Waals surface area (Å²) in [6, 6.07) is 20.4. The van der Waals surface area contributed by atoms with Crippen LogP contribution in [0.25, 0.3) is 11.0 Å². The molecule has 0 bridgehead atoms. The van der Waals surface area contributed by atoms with E-state index in [0.717, 1.165) is 5.56 Å². The topological polar surface area (TPSA) is 96.7 Å². The second-order valence-corrected chi connectivity index (χ2v) is 8.17. The van der Waals surface area contributed by atoms with Gasteiger partial charge in [-0.05, 0) is 55.8 Å². The molecule has 3 aromatic carbocycles. The Kier molecular flexibility index (Phi) is 7.01. The molecule has 4 aromatic rings. The fraction of sp³-hybridized carbons (Fsp3) is 0.222. The molecule has 0 unspecified atom stereocenters. The van der Waals surface area contributed by atoms with Gasteiger partial charge in [0.15, 0.2) is 0 Å². The average molecular weight is 473 g/mol. The summed E-state index contributed by atoms with van der Waals surface area (Å²) in [6.07, 6.45) is 0. The number of ether oxygens (including phenoxy) is 1. The van der Waals surface area contributed by atoms with Crippen LogP contribution in [0.15, 0.2) is 77.6 Å². The Balaban J connectivity index is 1.74. The normalized spacial score (nSPS) is 11.7. The Morgan fingerprint density at radius 3 is 2.63 bits per heavy atom. The van der Waals surface area contributed by atoms with Crippen LogP contribution in [0.3, 0.4) is 0 Å². The lowest BCUT2D eigenvalue weighted by Gasteiger charge is -2.30. The van der Waals surface area contributed by atoms with Gasteiger partial charge in [0.1, 0.15) is 17.2 Å². The summed E-state index contributed by atoms with van der Waals surface area (Å²) in [4.78, 5) is 32.8. The highest BCUT2D eigenvalue weighted by Gasteiger charge is 2.25. The van der Waals surface area contributed by atoms with Gasteiger partial charge in [0, 0.05) is 7.05 Å². The number of nitrogens with one attached hydrogen (secondary N) is 1. The second kappa shape index (κ2) is 10.3. The number of aromatic nitrogens is 2. The first-order valence-electron chi connectivity index (χ1n) is 11.4. The van der Waals surface area contributed by atoms with Gasteiger partial charge in [0.25, 0.3) is 5.56 Å². The number of phenolic OH excluding ortho intramolecular Hbond substituents is 1. The molecule has 0 aliphatic rings. The number of rotatable bonds is 7. The van der Waals surface area contributed by atoms with E-state index in [1.807, 2.05) is 56.3 Å². The summed E-state index contributed by atoms with van der Waals surface area (Å²) in [7, 11) is 1.69. The number of nitrogens with zero attached hydrogens (tertiary/aromatic N) is 3. The summed E-state index contributed by atoms with van der Waals surface area (Å²) in [5, 5.41) is 12.9. The average Bonchev–Trinajstić information content (AvgIpc) is 2.86. The lowest BCUT2D eigenvalue weighted by Crippen LogP contribution is -2.39. The number of fused-ring (bicyclic) bond motifs is 1. The van der Waals surface area contributed by atoms with Gasteiger partial charge in [0.2, 0.25) is 0 Å². The van der Waals surface area contributed by atoms with Crippen LogP contribution >= 0.6 is 0 Å². The smallest absolute Gasteiger partial charge is 0.322 e. The van der Waals surface area contributed by atoms with Crippen molar-refractivity contribution in [1.82, 2.24) is 14.5 Å². The quantitative estimate of drug-likeness (QED) is 0.401. The summed E-state index contributed by atoms with van der Waals surface area (Å²) >= 11 is 0. The highest BCUT2D eigenvalue weighted by Crippen LogP contribution is 2.28. The summed E-state index contributed by atoms with van der Waals surface area (Å²) in [6.45, 7) is 4.13. The number of carbonyl (C=O) groups is 1. The van der Waals surface area contributed by atoms with E-state index in [9.17, 15) is 14.7 Å². The van der Waals surface area contributed by atoms with Crippen molar-refractivity contribution in [2.75, 3.05) is 11.9 Å². The standard InChI is InChI=1S/C27H28N4O4/c1-4-35-25-15-8-6-13-22(25)29-27(34)31(18(2)19-10-9-11-20(32)16-19)17-23-26(33)30(3)24-14-7-5-12-21(24)28-23/h5-16,18,32H,4,17H2,1-3H3,(H,29,34)/t18-/m0/s1. The lowest BCUT2D eigenvalue weighted by molar-refractivity contribution is 0.187. The molecule has 35 heavy (non-hydrogen) atoms. The van der Waals surface area contributed by atoms with E-state index in [4.69, 9.17) is 4.74 Å². The zero-order valence-electron chi connectivity index (χ0n) is 19.9. The molecule has 2 N–H and O–H groups in total.